The normalized spacial score (nSPS) is 10.8. The third kappa shape index (κ3) is 3.42. The maximum atomic E-state index is 13.4. The molecule has 0 unspecified atom stereocenters. The van der Waals surface area contributed by atoms with E-state index in [1.807, 2.05) is 18.7 Å². The molecule has 3 heteroatoms. The SMILES string of the molecule is C=C(C)CN(CC)Cc1c(F)cccc1F. The largest absolute Gasteiger partial charge is 0.295 e. The summed E-state index contributed by atoms with van der Waals surface area (Å²) in [5.74, 6) is -0.972. The summed E-state index contributed by atoms with van der Waals surface area (Å²) in [7, 11) is 0. The summed E-state index contributed by atoms with van der Waals surface area (Å²) in [6.45, 7) is 9.34. The van der Waals surface area contributed by atoms with Crippen LogP contribution in [-0.4, -0.2) is 18.0 Å². The van der Waals surface area contributed by atoms with E-state index in [1.165, 1.54) is 18.2 Å². The van der Waals surface area contributed by atoms with E-state index >= 15 is 0 Å². The van der Waals surface area contributed by atoms with Gasteiger partial charge in [0.1, 0.15) is 11.6 Å². The van der Waals surface area contributed by atoms with Gasteiger partial charge in [0.15, 0.2) is 0 Å². The second kappa shape index (κ2) is 5.75. The highest BCUT2D eigenvalue weighted by Gasteiger charge is 2.12. The Hall–Kier alpha value is -1.22. The van der Waals surface area contributed by atoms with Gasteiger partial charge in [-0.2, -0.15) is 0 Å². The minimum atomic E-state index is -0.486. The highest BCUT2D eigenvalue weighted by atomic mass is 19.1. The van der Waals surface area contributed by atoms with Gasteiger partial charge in [-0.3, -0.25) is 4.90 Å². The molecule has 0 aliphatic carbocycles. The van der Waals surface area contributed by atoms with Crippen LogP contribution in [0.15, 0.2) is 30.4 Å². The third-order valence-corrected chi connectivity index (χ3v) is 2.38. The molecule has 0 N–H and O–H groups in total. The van der Waals surface area contributed by atoms with Gasteiger partial charge < -0.3 is 0 Å². The lowest BCUT2D eigenvalue weighted by Gasteiger charge is -2.21. The van der Waals surface area contributed by atoms with E-state index in [-0.39, 0.29) is 12.1 Å². The van der Waals surface area contributed by atoms with Crippen molar-refractivity contribution in [2.75, 3.05) is 13.1 Å². The molecule has 0 spiro atoms. The summed E-state index contributed by atoms with van der Waals surface area (Å²) >= 11 is 0. The first-order valence-corrected chi connectivity index (χ1v) is 5.34. The van der Waals surface area contributed by atoms with E-state index in [1.54, 1.807) is 0 Å². The molecular formula is C13H17F2N. The van der Waals surface area contributed by atoms with Gasteiger partial charge in [0, 0.05) is 18.7 Å². The Balaban J connectivity index is 2.81. The Kier molecular flexibility index (Phi) is 4.62. The maximum Gasteiger partial charge on any atom is 0.130 e. The minimum Gasteiger partial charge on any atom is -0.295 e. The van der Waals surface area contributed by atoms with Gasteiger partial charge in [0.05, 0.1) is 0 Å². The summed E-state index contributed by atoms with van der Waals surface area (Å²) in [5, 5.41) is 0. The second-order valence-electron chi connectivity index (χ2n) is 3.96. The molecule has 1 aromatic rings. The highest BCUT2D eigenvalue weighted by Crippen LogP contribution is 2.15. The third-order valence-electron chi connectivity index (χ3n) is 2.38. The molecule has 0 aliphatic rings. The summed E-state index contributed by atoms with van der Waals surface area (Å²) in [6, 6.07) is 3.95. The smallest absolute Gasteiger partial charge is 0.130 e. The number of nitrogens with zero attached hydrogens (tertiary/aromatic N) is 1. The van der Waals surface area contributed by atoms with Crippen molar-refractivity contribution in [2.24, 2.45) is 0 Å². The lowest BCUT2D eigenvalue weighted by Crippen LogP contribution is -2.25. The van der Waals surface area contributed by atoms with Crippen molar-refractivity contribution < 1.29 is 8.78 Å². The molecule has 0 amide bonds. The standard InChI is InChI=1S/C13H17F2N/c1-4-16(8-10(2)3)9-11-12(14)6-5-7-13(11)15/h5-7H,2,4,8-9H2,1,3H3. The van der Waals surface area contributed by atoms with Gasteiger partial charge in [-0.05, 0) is 25.6 Å². The Morgan fingerprint density at radius 3 is 2.31 bits per heavy atom. The number of likely N-dealkylation sites (N-methyl/N-ethyl adjacent to an activating group) is 1. The highest BCUT2D eigenvalue weighted by molar-refractivity contribution is 5.19. The monoisotopic (exact) mass is 225 g/mol. The van der Waals surface area contributed by atoms with Gasteiger partial charge in [-0.15, -0.1) is 0 Å². The van der Waals surface area contributed by atoms with Gasteiger partial charge in [0.25, 0.3) is 0 Å². The first kappa shape index (κ1) is 12.8. The molecule has 0 fully saturated rings. The van der Waals surface area contributed by atoms with E-state index in [2.05, 4.69) is 6.58 Å². The van der Waals surface area contributed by atoms with Crippen molar-refractivity contribution in [3.8, 4) is 0 Å². The zero-order valence-electron chi connectivity index (χ0n) is 9.76. The van der Waals surface area contributed by atoms with Crippen LogP contribution in [0.2, 0.25) is 0 Å². The van der Waals surface area contributed by atoms with Gasteiger partial charge in [-0.1, -0.05) is 25.1 Å². The zero-order valence-corrected chi connectivity index (χ0v) is 9.76. The molecule has 1 rings (SSSR count). The Bertz CT molecular complexity index is 354. The number of halogens is 2. The Morgan fingerprint density at radius 1 is 1.31 bits per heavy atom. The van der Waals surface area contributed by atoms with Gasteiger partial charge >= 0.3 is 0 Å². The van der Waals surface area contributed by atoms with Crippen molar-refractivity contribution in [1.82, 2.24) is 4.90 Å². The van der Waals surface area contributed by atoms with E-state index in [9.17, 15) is 8.78 Å². The molecule has 0 heterocycles. The van der Waals surface area contributed by atoms with Crippen molar-refractivity contribution in [1.29, 1.82) is 0 Å². The fraction of sp³-hybridized carbons (Fsp3) is 0.385. The molecule has 88 valence electrons. The van der Waals surface area contributed by atoms with Crippen molar-refractivity contribution in [3.63, 3.8) is 0 Å². The molecule has 0 atom stereocenters. The molecule has 0 aliphatic heterocycles. The van der Waals surface area contributed by atoms with Gasteiger partial charge in [0.2, 0.25) is 0 Å². The fourth-order valence-corrected chi connectivity index (χ4v) is 1.57. The van der Waals surface area contributed by atoms with Crippen molar-refractivity contribution in [3.05, 3.63) is 47.5 Å². The maximum absolute atomic E-state index is 13.4. The molecule has 16 heavy (non-hydrogen) atoms. The average molecular weight is 225 g/mol. The average Bonchev–Trinajstić information content (AvgIpc) is 2.21. The molecule has 1 nitrogen and oxygen atoms in total. The second-order valence-corrected chi connectivity index (χ2v) is 3.96. The number of hydrogen-bond donors (Lipinski definition) is 0. The summed E-state index contributed by atoms with van der Waals surface area (Å²) in [6.07, 6.45) is 0. The number of rotatable bonds is 5. The molecular weight excluding hydrogens is 208 g/mol. The van der Waals surface area contributed by atoms with Crippen LogP contribution in [0.4, 0.5) is 8.78 Å². The van der Waals surface area contributed by atoms with Crippen LogP contribution in [-0.2, 0) is 6.54 Å². The van der Waals surface area contributed by atoms with Crippen molar-refractivity contribution >= 4 is 0 Å². The van der Waals surface area contributed by atoms with Gasteiger partial charge in [-0.25, -0.2) is 8.78 Å². The molecule has 0 aromatic heterocycles. The quantitative estimate of drug-likeness (QED) is 0.694. The molecule has 0 saturated heterocycles. The lowest BCUT2D eigenvalue weighted by molar-refractivity contribution is 0.294. The zero-order chi connectivity index (χ0) is 12.1. The fourth-order valence-electron chi connectivity index (χ4n) is 1.57. The summed E-state index contributed by atoms with van der Waals surface area (Å²) in [4.78, 5) is 1.95. The van der Waals surface area contributed by atoms with E-state index in [0.717, 1.165) is 12.1 Å². The van der Waals surface area contributed by atoms with E-state index < -0.39 is 11.6 Å². The Labute approximate surface area is 95.4 Å². The number of benzene rings is 1. The minimum absolute atomic E-state index is 0.130. The Morgan fingerprint density at radius 2 is 1.88 bits per heavy atom. The van der Waals surface area contributed by atoms with Crippen LogP contribution in [0.5, 0.6) is 0 Å². The predicted octanol–water partition coefficient (Wildman–Crippen LogP) is 3.36. The predicted molar refractivity (Wildman–Crippen MR) is 62.1 cm³/mol. The molecule has 0 bridgehead atoms. The molecule has 1 aromatic carbocycles. The van der Waals surface area contributed by atoms with Crippen molar-refractivity contribution in [2.45, 2.75) is 20.4 Å². The summed E-state index contributed by atoms with van der Waals surface area (Å²) in [5.41, 5.74) is 1.11. The van der Waals surface area contributed by atoms with Crippen LogP contribution < -0.4 is 0 Å². The molecule has 0 radical (unpaired) electrons. The topological polar surface area (TPSA) is 3.24 Å². The van der Waals surface area contributed by atoms with E-state index in [4.69, 9.17) is 0 Å². The number of hydrogen-bond acceptors (Lipinski definition) is 1. The van der Waals surface area contributed by atoms with Crippen LogP contribution >= 0.6 is 0 Å². The summed E-state index contributed by atoms with van der Waals surface area (Å²) < 4.78 is 26.8. The molecule has 0 saturated carbocycles. The van der Waals surface area contributed by atoms with Crippen LogP contribution in [0, 0.1) is 11.6 Å². The van der Waals surface area contributed by atoms with Crippen LogP contribution in [0.1, 0.15) is 19.4 Å². The lowest BCUT2D eigenvalue weighted by atomic mass is 10.1. The first-order valence-electron chi connectivity index (χ1n) is 5.34. The first-order chi connectivity index (χ1) is 7.54. The van der Waals surface area contributed by atoms with Crippen LogP contribution in [0.25, 0.3) is 0 Å². The van der Waals surface area contributed by atoms with E-state index in [0.29, 0.717) is 6.54 Å². The van der Waals surface area contributed by atoms with Crippen LogP contribution in [0.3, 0.4) is 0 Å².